The van der Waals surface area contributed by atoms with E-state index in [1.807, 2.05) is 6.07 Å². The summed E-state index contributed by atoms with van der Waals surface area (Å²) in [7, 11) is 0. The third-order valence-electron chi connectivity index (χ3n) is 5.54. The molecular formula is C19H25NO3. The quantitative estimate of drug-likeness (QED) is 0.927. The molecule has 0 radical (unpaired) electrons. The lowest BCUT2D eigenvalue weighted by atomic mass is 9.70. The standard InChI is InChI=1S/C19H25NO3/c1-19(18(22)23)8-5-9-20(13-19)17(21)12-14-10-16(11-14)15-6-3-2-4-7-15/h2-4,6-7,14,16H,5,8-13H2,1H3,(H,22,23). The summed E-state index contributed by atoms with van der Waals surface area (Å²) in [6, 6.07) is 10.5. The van der Waals surface area contributed by atoms with Crippen LogP contribution in [0.5, 0.6) is 0 Å². The number of carbonyl (C=O) groups excluding carboxylic acids is 1. The number of carboxylic acid groups (broad SMARTS) is 1. The highest BCUT2D eigenvalue weighted by molar-refractivity contribution is 5.79. The van der Waals surface area contributed by atoms with Gasteiger partial charge in [0.1, 0.15) is 0 Å². The molecule has 1 saturated carbocycles. The lowest BCUT2D eigenvalue weighted by Crippen LogP contribution is -2.49. The lowest BCUT2D eigenvalue weighted by Gasteiger charge is -2.40. The Kier molecular flexibility index (Phi) is 4.42. The van der Waals surface area contributed by atoms with Crippen LogP contribution >= 0.6 is 0 Å². The molecule has 1 aromatic carbocycles. The number of piperidine rings is 1. The van der Waals surface area contributed by atoms with Crippen molar-refractivity contribution < 1.29 is 14.7 Å². The zero-order valence-corrected chi connectivity index (χ0v) is 13.7. The van der Waals surface area contributed by atoms with Crippen LogP contribution < -0.4 is 0 Å². The summed E-state index contributed by atoms with van der Waals surface area (Å²) in [5.41, 5.74) is 0.590. The maximum atomic E-state index is 12.5. The van der Waals surface area contributed by atoms with Crippen LogP contribution in [0.2, 0.25) is 0 Å². The predicted molar refractivity (Wildman–Crippen MR) is 88.1 cm³/mol. The Morgan fingerprint density at radius 2 is 1.96 bits per heavy atom. The van der Waals surface area contributed by atoms with Crippen molar-refractivity contribution in [1.29, 1.82) is 0 Å². The molecule has 2 fully saturated rings. The van der Waals surface area contributed by atoms with E-state index < -0.39 is 11.4 Å². The van der Waals surface area contributed by atoms with Crippen LogP contribution in [0.4, 0.5) is 0 Å². The fourth-order valence-electron chi connectivity index (χ4n) is 3.90. The number of likely N-dealkylation sites (tertiary alicyclic amines) is 1. The number of carbonyl (C=O) groups is 2. The molecule has 23 heavy (non-hydrogen) atoms. The first-order valence-corrected chi connectivity index (χ1v) is 8.54. The minimum absolute atomic E-state index is 0.133. The third kappa shape index (κ3) is 3.41. The van der Waals surface area contributed by atoms with E-state index in [1.54, 1.807) is 11.8 Å². The molecule has 4 heteroatoms. The van der Waals surface area contributed by atoms with Crippen LogP contribution in [0, 0.1) is 11.3 Å². The van der Waals surface area contributed by atoms with Crippen molar-refractivity contribution in [3.63, 3.8) is 0 Å². The number of amides is 1. The zero-order valence-electron chi connectivity index (χ0n) is 13.7. The first kappa shape index (κ1) is 16.0. The molecule has 3 rings (SSSR count). The number of hydrogen-bond donors (Lipinski definition) is 1. The number of benzene rings is 1. The Labute approximate surface area is 137 Å². The Morgan fingerprint density at radius 1 is 1.26 bits per heavy atom. The van der Waals surface area contributed by atoms with Crippen molar-refractivity contribution in [2.45, 2.75) is 44.9 Å². The molecule has 1 saturated heterocycles. The molecule has 1 amide bonds. The number of hydrogen-bond acceptors (Lipinski definition) is 2. The fraction of sp³-hybridized carbons (Fsp3) is 0.579. The van der Waals surface area contributed by atoms with Gasteiger partial charge in [-0.25, -0.2) is 0 Å². The molecule has 0 bridgehead atoms. The molecule has 2 aliphatic rings. The van der Waals surface area contributed by atoms with Gasteiger partial charge in [-0.2, -0.15) is 0 Å². The Balaban J connectivity index is 1.50. The predicted octanol–water partition coefficient (Wildman–Crippen LogP) is 3.28. The summed E-state index contributed by atoms with van der Waals surface area (Å²) in [5, 5.41) is 9.36. The van der Waals surface area contributed by atoms with Crippen molar-refractivity contribution in [3.8, 4) is 0 Å². The highest BCUT2D eigenvalue weighted by Crippen LogP contribution is 2.43. The Morgan fingerprint density at radius 3 is 2.61 bits per heavy atom. The summed E-state index contributed by atoms with van der Waals surface area (Å²) in [5.74, 6) is 0.377. The molecule has 1 atom stereocenters. The highest BCUT2D eigenvalue weighted by Gasteiger charge is 2.40. The van der Waals surface area contributed by atoms with Crippen molar-refractivity contribution in [2.24, 2.45) is 11.3 Å². The molecule has 4 nitrogen and oxygen atoms in total. The van der Waals surface area contributed by atoms with Crippen molar-refractivity contribution in [3.05, 3.63) is 35.9 Å². The van der Waals surface area contributed by atoms with Crippen LogP contribution in [-0.4, -0.2) is 35.0 Å². The topological polar surface area (TPSA) is 57.6 Å². The molecule has 1 aromatic rings. The zero-order chi connectivity index (χ0) is 16.4. The van der Waals surface area contributed by atoms with Gasteiger partial charge in [0.05, 0.1) is 5.41 Å². The molecular weight excluding hydrogens is 290 g/mol. The van der Waals surface area contributed by atoms with Crippen molar-refractivity contribution in [2.75, 3.05) is 13.1 Å². The van der Waals surface area contributed by atoms with E-state index in [4.69, 9.17) is 0 Å². The van der Waals surface area contributed by atoms with E-state index in [2.05, 4.69) is 24.3 Å². The van der Waals surface area contributed by atoms with Gasteiger partial charge in [0.2, 0.25) is 5.91 Å². The summed E-state index contributed by atoms with van der Waals surface area (Å²) < 4.78 is 0. The van der Waals surface area contributed by atoms with Gasteiger partial charge in [-0.05, 0) is 50.0 Å². The molecule has 1 aliphatic carbocycles. The molecule has 1 aliphatic heterocycles. The molecule has 1 unspecified atom stereocenters. The number of carboxylic acids is 1. The maximum absolute atomic E-state index is 12.5. The Bertz CT molecular complexity index is 580. The van der Waals surface area contributed by atoms with Gasteiger partial charge in [0, 0.05) is 19.5 Å². The van der Waals surface area contributed by atoms with Crippen LogP contribution in [0.3, 0.4) is 0 Å². The minimum atomic E-state index is -0.789. The lowest BCUT2D eigenvalue weighted by molar-refractivity contribution is -0.153. The van der Waals surface area contributed by atoms with Crippen molar-refractivity contribution >= 4 is 11.9 Å². The summed E-state index contributed by atoms with van der Waals surface area (Å²) >= 11 is 0. The molecule has 0 spiro atoms. The van der Waals surface area contributed by atoms with Gasteiger partial charge in [-0.1, -0.05) is 30.3 Å². The second-order valence-corrected chi connectivity index (χ2v) is 7.43. The van der Waals surface area contributed by atoms with E-state index in [-0.39, 0.29) is 5.91 Å². The summed E-state index contributed by atoms with van der Waals surface area (Å²) in [4.78, 5) is 25.7. The molecule has 1 N–H and O–H groups in total. The van der Waals surface area contributed by atoms with E-state index in [0.717, 1.165) is 19.3 Å². The van der Waals surface area contributed by atoms with Crippen molar-refractivity contribution in [1.82, 2.24) is 4.90 Å². The number of aliphatic carboxylic acids is 1. The number of rotatable bonds is 4. The van der Waals surface area contributed by atoms with E-state index in [9.17, 15) is 14.7 Å². The van der Waals surface area contributed by atoms with Crippen LogP contribution in [-0.2, 0) is 9.59 Å². The first-order chi connectivity index (χ1) is 11.0. The maximum Gasteiger partial charge on any atom is 0.311 e. The van der Waals surface area contributed by atoms with Crippen LogP contribution in [0.25, 0.3) is 0 Å². The highest BCUT2D eigenvalue weighted by atomic mass is 16.4. The van der Waals surface area contributed by atoms with Gasteiger partial charge >= 0.3 is 5.97 Å². The summed E-state index contributed by atoms with van der Waals surface area (Å²) in [6.45, 7) is 2.82. The van der Waals surface area contributed by atoms with E-state index in [0.29, 0.717) is 37.8 Å². The normalized spacial score (nSPS) is 30.6. The van der Waals surface area contributed by atoms with Gasteiger partial charge < -0.3 is 10.0 Å². The summed E-state index contributed by atoms with van der Waals surface area (Å²) in [6.07, 6.45) is 4.15. The molecule has 1 heterocycles. The average molecular weight is 315 g/mol. The SMILES string of the molecule is CC1(C(=O)O)CCCN(C(=O)CC2CC(c3ccccc3)C2)C1. The second kappa shape index (κ2) is 6.34. The van der Waals surface area contributed by atoms with Gasteiger partial charge in [-0.15, -0.1) is 0 Å². The monoisotopic (exact) mass is 315 g/mol. The third-order valence-corrected chi connectivity index (χ3v) is 5.54. The minimum Gasteiger partial charge on any atom is -0.481 e. The Hall–Kier alpha value is -1.84. The van der Waals surface area contributed by atoms with Crippen LogP contribution in [0.15, 0.2) is 30.3 Å². The first-order valence-electron chi connectivity index (χ1n) is 8.54. The van der Waals surface area contributed by atoms with Crippen LogP contribution in [0.1, 0.15) is 50.5 Å². The smallest absolute Gasteiger partial charge is 0.311 e. The van der Waals surface area contributed by atoms with Gasteiger partial charge in [0.15, 0.2) is 0 Å². The van der Waals surface area contributed by atoms with Gasteiger partial charge in [-0.3, -0.25) is 9.59 Å². The number of nitrogens with zero attached hydrogens (tertiary/aromatic N) is 1. The second-order valence-electron chi connectivity index (χ2n) is 7.43. The fourth-order valence-corrected chi connectivity index (χ4v) is 3.90. The van der Waals surface area contributed by atoms with E-state index in [1.165, 1.54) is 5.56 Å². The molecule has 0 aromatic heterocycles. The molecule has 124 valence electrons. The average Bonchev–Trinajstić information content (AvgIpc) is 2.51. The van der Waals surface area contributed by atoms with Gasteiger partial charge in [0.25, 0.3) is 0 Å². The largest absolute Gasteiger partial charge is 0.481 e. The van der Waals surface area contributed by atoms with E-state index >= 15 is 0 Å².